The smallest absolute Gasteiger partial charge is 0.251 e. The molecule has 0 bridgehead atoms. The summed E-state index contributed by atoms with van der Waals surface area (Å²) in [5, 5.41) is 3.53. The predicted octanol–water partition coefficient (Wildman–Crippen LogP) is 2.63. The maximum Gasteiger partial charge on any atom is 0.251 e. The van der Waals surface area contributed by atoms with Gasteiger partial charge < -0.3 is 15.8 Å². The molecule has 2 aliphatic rings. The Kier molecular flexibility index (Phi) is 7.07. The van der Waals surface area contributed by atoms with Gasteiger partial charge in [0.1, 0.15) is 5.00 Å². The first-order chi connectivity index (χ1) is 15.4. The lowest BCUT2D eigenvalue weighted by Crippen LogP contribution is -2.48. The molecule has 0 spiro atoms. The number of anilines is 1. The summed E-state index contributed by atoms with van der Waals surface area (Å²) in [6.45, 7) is 4.00. The number of hydrogen-bond acceptors (Lipinski definition) is 6. The Hall–Kier alpha value is -2.49. The molecule has 2 aromatic rings. The van der Waals surface area contributed by atoms with Gasteiger partial charge in [0.2, 0.25) is 5.91 Å². The maximum absolute atomic E-state index is 13.9. The van der Waals surface area contributed by atoms with Crippen molar-refractivity contribution < 1.29 is 18.7 Å². The average molecular weight is 461 g/mol. The molecule has 2 amide bonds. The van der Waals surface area contributed by atoms with Crippen molar-refractivity contribution in [2.75, 3.05) is 45.2 Å². The number of amides is 2. The van der Waals surface area contributed by atoms with Gasteiger partial charge in [-0.25, -0.2) is 4.39 Å². The zero-order chi connectivity index (χ0) is 22.7. The summed E-state index contributed by atoms with van der Waals surface area (Å²) in [7, 11) is 1.45. The van der Waals surface area contributed by atoms with Gasteiger partial charge in [-0.05, 0) is 48.9 Å². The van der Waals surface area contributed by atoms with E-state index in [2.05, 4.69) is 15.1 Å². The molecule has 1 fully saturated rings. The van der Waals surface area contributed by atoms with E-state index in [1.54, 1.807) is 6.07 Å². The van der Waals surface area contributed by atoms with E-state index in [0.717, 1.165) is 63.0 Å². The van der Waals surface area contributed by atoms with Crippen molar-refractivity contribution in [1.29, 1.82) is 0 Å². The number of piperazine rings is 1. The molecule has 1 aromatic carbocycles. The monoisotopic (exact) mass is 460 g/mol. The third kappa shape index (κ3) is 5.11. The standard InChI is InChI=1S/C23H29FN4O3S/c1-31-18-7-6-15(12-17(18)24)13-27-8-10-28(11-9-27)14-20(29)26-23-21(22(25)30)16-4-2-3-5-19(16)32-23/h6-7,12H,2-5,8-11,13-14H2,1H3,(H2,25,30)(H,26,29). The van der Waals surface area contributed by atoms with E-state index in [9.17, 15) is 14.0 Å². The fourth-order valence-electron chi connectivity index (χ4n) is 4.46. The van der Waals surface area contributed by atoms with E-state index in [1.807, 2.05) is 6.07 Å². The molecule has 0 saturated carbocycles. The number of carbonyl (C=O) groups is 2. The molecular weight excluding hydrogens is 431 g/mol. The summed E-state index contributed by atoms with van der Waals surface area (Å²) < 4.78 is 18.9. The van der Waals surface area contributed by atoms with Gasteiger partial charge >= 0.3 is 0 Å². The Balaban J connectivity index is 1.29. The highest BCUT2D eigenvalue weighted by Crippen LogP contribution is 2.37. The van der Waals surface area contributed by atoms with E-state index in [0.29, 0.717) is 17.1 Å². The Morgan fingerprint density at radius 3 is 2.56 bits per heavy atom. The largest absolute Gasteiger partial charge is 0.494 e. The topological polar surface area (TPSA) is 87.9 Å². The number of ether oxygens (including phenoxy) is 1. The van der Waals surface area contributed by atoms with Gasteiger partial charge in [0.15, 0.2) is 11.6 Å². The number of rotatable bonds is 7. The lowest BCUT2D eigenvalue weighted by molar-refractivity contribution is -0.117. The van der Waals surface area contributed by atoms with Gasteiger partial charge in [-0.1, -0.05) is 6.07 Å². The van der Waals surface area contributed by atoms with Crippen molar-refractivity contribution in [1.82, 2.24) is 9.80 Å². The molecule has 172 valence electrons. The molecule has 0 unspecified atom stereocenters. The normalized spacial score (nSPS) is 17.1. The van der Waals surface area contributed by atoms with Crippen LogP contribution in [0.2, 0.25) is 0 Å². The Labute approximate surface area is 191 Å². The van der Waals surface area contributed by atoms with Crippen LogP contribution in [0.25, 0.3) is 0 Å². The quantitative estimate of drug-likeness (QED) is 0.663. The minimum absolute atomic E-state index is 0.128. The molecule has 0 atom stereocenters. The third-order valence-electron chi connectivity index (χ3n) is 6.13. The lowest BCUT2D eigenvalue weighted by Gasteiger charge is -2.34. The van der Waals surface area contributed by atoms with Crippen molar-refractivity contribution in [3.63, 3.8) is 0 Å². The number of hydrogen-bond donors (Lipinski definition) is 2. The first kappa shape index (κ1) is 22.7. The van der Waals surface area contributed by atoms with Crippen LogP contribution in [-0.2, 0) is 24.2 Å². The summed E-state index contributed by atoms with van der Waals surface area (Å²) in [5.41, 5.74) is 8.03. The van der Waals surface area contributed by atoms with Crippen LogP contribution in [0.15, 0.2) is 18.2 Å². The second-order valence-corrected chi connectivity index (χ2v) is 9.45. The first-order valence-electron chi connectivity index (χ1n) is 11.0. The van der Waals surface area contributed by atoms with Crippen LogP contribution in [0, 0.1) is 5.82 Å². The van der Waals surface area contributed by atoms with E-state index in [1.165, 1.54) is 29.4 Å². The molecule has 1 aliphatic carbocycles. The van der Waals surface area contributed by atoms with E-state index < -0.39 is 5.91 Å². The number of benzene rings is 1. The second-order valence-electron chi connectivity index (χ2n) is 8.35. The highest BCUT2D eigenvalue weighted by atomic mass is 32.1. The molecule has 1 aromatic heterocycles. The Morgan fingerprint density at radius 1 is 1.16 bits per heavy atom. The number of thiophene rings is 1. The number of halogens is 1. The number of primary amides is 1. The van der Waals surface area contributed by atoms with Crippen LogP contribution in [0.1, 0.15) is 39.2 Å². The van der Waals surface area contributed by atoms with E-state index >= 15 is 0 Å². The summed E-state index contributed by atoms with van der Waals surface area (Å²) in [4.78, 5) is 30.2. The van der Waals surface area contributed by atoms with Crippen molar-refractivity contribution >= 4 is 28.2 Å². The number of carbonyl (C=O) groups excluding carboxylic acids is 2. The van der Waals surface area contributed by atoms with Crippen molar-refractivity contribution in [2.24, 2.45) is 5.73 Å². The summed E-state index contributed by atoms with van der Waals surface area (Å²) >= 11 is 1.49. The Morgan fingerprint density at radius 2 is 1.88 bits per heavy atom. The van der Waals surface area contributed by atoms with Gasteiger partial charge in [0.05, 0.1) is 19.2 Å². The highest BCUT2D eigenvalue weighted by Gasteiger charge is 2.26. The molecule has 0 radical (unpaired) electrons. The van der Waals surface area contributed by atoms with Crippen LogP contribution in [-0.4, -0.2) is 61.4 Å². The highest BCUT2D eigenvalue weighted by molar-refractivity contribution is 7.17. The third-order valence-corrected chi connectivity index (χ3v) is 7.33. The van der Waals surface area contributed by atoms with Crippen LogP contribution >= 0.6 is 11.3 Å². The van der Waals surface area contributed by atoms with E-state index in [4.69, 9.17) is 10.5 Å². The molecule has 1 saturated heterocycles. The fourth-order valence-corrected chi connectivity index (χ4v) is 5.77. The van der Waals surface area contributed by atoms with Crippen LogP contribution in [0.4, 0.5) is 9.39 Å². The van der Waals surface area contributed by atoms with Gasteiger partial charge in [0, 0.05) is 37.6 Å². The molecule has 2 heterocycles. The molecular formula is C23H29FN4O3S. The van der Waals surface area contributed by atoms with Gasteiger partial charge in [-0.3, -0.25) is 19.4 Å². The Bertz CT molecular complexity index is 1000. The number of nitrogens with two attached hydrogens (primary N) is 1. The van der Waals surface area contributed by atoms with E-state index in [-0.39, 0.29) is 24.0 Å². The lowest BCUT2D eigenvalue weighted by atomic mass is 9.95. The molecule has 9 heteroatoms. The number of methoxy groups -OCH3 is 1. The SMILES string of the molecule is COc1ccc(CN2CCN(CC(=O)Nc3sc4c(c3C(N)=O)CCCC4)CC2)cc1F. The maximum atomic E-state index is 13.9. The summed E-state index contributed by atoms with van der Waals surface area (Å²) in [6.07, 6.45) is 3.94. The zero-order valence-electron chi connectivity index (χ0n) is 18.3. The summed E-state index contributed by atoms with van der Waals surface area (Å²) in [5.74, 6) is -0.707. The number of nitrogens with one attached hydrogen (secondary N) is 1. The molecule has 3 N–H and O–H groups in total. The number of fused-ring (bicyclic) bond motifs is 1. The van der Waals surface area contributed by atoms with Gasteiger partial charge in [0.25, 0.3) is 5.91 Å². The van der Waals surface area contributed by atoms with Crippen LogP contribution < -0.4 is 15.8 Å². The van der Waals surface area contributed by atoms with Crippen molar-refractivity contribution in [3.05, 3.63) is 45.6 Å². The summed E-state index contributed by atoms with van der Waals surface area (Å²) in [6, 6.07) is 5.03. The molecule has 32 heavy (non-hydrogen) atoms. The fraction of sp³-hybridized carbons (Fsp3) is 0.478. The van der Waals surface area contributed by atoms with Crippen molar-refractivity contribution in [2.45, 2.75) is 32.2 Å². The molecule has 4 rings (SSSR count). The number of aryl methyl sites for hydroxylation is 1. The van der Waals surface area contributed by atoms with Crippen molar-refractivity contribution in [3.8, 4) is 5.75 Å². The van der Waals surface area contributed by atoms with Crippen LogP contribution in [0.3, 0.4) is 0 Å². The van der Waals surface area contributed by atoms with Gasteiger partial charge in [-0.15, -0.1) is 11.3 Å². The predicted molar refractivity (Wildman–Crippen MR) is 123 cm³/mol. The molecule has 7 nitrogen and oxygen atoms in total. The molecule has 1 aliphatic heterocycles. The van der Waals surface area contributed by atoms with Crippen LogP contribution in [0.5, 0.6) is 5.75 Å². The average Bonchev–Trinajstić information content (AvgIpc) is 3.13. The first-order valence-corrected chi connectivity index (χ1v) is 11.8. The van der Waals surface area contributed by atoms with Gasteiger partial charge in [-0.2, -0.15) is 0 Å². The number of nitrogens with zero attached hydrogens (tertiary/aromatic N) is 2. The second kappa shape index (κ2) is 9.97. The zero-order valence-corrected chi connectivity index (χ0v) is 19.1. The minimum atomic E-state index is -0.469. The minimum Gasteiger partial charge on any atom is -0.494 e.